The minimum atomic E-state index is -1.96. The summed E-state index contributed by atoms with van der Waals surface area (Å²) in [6, 6.07) is 0.117. The monoisotopic (exact) mass is 1800 g/mol. The number of aromatic hydroxyl groups is 2. The molecule has 4 bridgehead atoms. The van der Waals surface area contributed by atoms with E-state index < -0.39 is 185 Å². The zero-order valence-corrected chi connectivity index (χ0v) is 80.3. The Morgan fingerprint density at radius 3 is 1.88 bits per heavy atom. The number of phenols is 2. The molecule has 1 amide bonds. The van der Waals surface area contributed by atoms with Crippen molar-refractivity contribution in [3.63, 3.8) is 0 Å². The quantitative estimate of drug-likeness (QED) is 0.0343. The summed E-state index contributed by atoms with van der Waals surface area (Å²) < 4.78 is 67.9. The number of benzene rings is 2. The van der Waals surface area contributed by atoms with Crippen LogP contribution in [0.5, 0.6) is 17.2 Å². The summed E-state index contributed by atoms with van der Waals surface area (Å²) in [5.41, 5.74) is -4.36. The molecule has 2 aromatic carbocycles. The van der Waals surface area contributed by atoms with Crippen LogP contribution in [0.15, 0.2) is 46.1 Å². The molecule has 722 valence electrons. The number of fused-ring (bicyclic) bond motifs is 1. The van der Waals surface area contributed by atoms with Gasteiger partial charge in [0.15, 0.2) is 18.3 Å². The predicted octanol–water partition coefficient (Wildman–Crippen LogP) is 6.90. The molecule has 13 N–H and O–H groups in total. The van der Waals surface area contributed by atoms with Crippen LogP contribution in [-0.4, -0.2) is 304 Å². The van der Waals surface area contributed by atoms with Crippen LogP contribution < -0.4 is 31.4 Å². The number of rotatable bonds is 21. The number of carbonyl (C=O) groups excluding carboxylic acids is 5. The molecule has 4 fully saturated rings. The highest BCUT2D eigenvalue weighted by molar-refractivity contribution is 6.21. The maximum absolute atomic E-state index is 14.7. The predicted molar refractivity (Wildman–Crippen MR) is 477 cm³/mol. The number of nitrogens with one attached hydrogen (secondary N) is 3. The van der Waals surface area contributed by atoms with Gasteiger partial charge in [-0.1, -0.05) is 101 Å². The van der Waals surface area contributed by atoms with E-state index in [1.807, 2.05) is 46.7 Å². The van der Waals surface area contributed by atoms with Crippen LogP contribution in [0.25, 0.3) is 10.8 Å². The van der Waals surface area contributed by atoms with Gasteiger partial charge < -0.3 is 129 Å². The highest BCUT2D eigenvalue weighted by atomic mass is 16.7. The van der Waals surface area contributed by atoms with E-state index in [1.54, 1.807) is 114 Å². The number of allylic oxidation sites excluding steroid dienone is 2. The number of carbonyl (C=O) groups is 5. The Kier molecular flexibility index (Phi) is 38.9. The topological polar surface area (TPSA) is 456 Å². The Bertz CT molecular complexity index is 4210. The Morgan fingerprint density at radius 1 is 0.732 bits per heavy atom. The number of phenolic OH excluding ortho intramolecular Hbond substituents is 2. The van der Waals surface area contributed by atoms with E-state index in [9.17, 15) is 64.8 Å². The maximum atomic E-state index is 14.7. The first-order valence-electron chi connectivity index (χ1n) is 45.6. The molecule has 7 aliphatic rings. The number of amides is 1. The Morgan fingerprint density at radius 2 is 1.34 bits per heavy atom. The summed E-state index contributed by atoms with van der Waals surface area (Å²) in [6.07, 6.45) is -1.78. The van der Waals surface area contributed by atoms with Crippen molar-refractivity contribution in [2.45, 2.75) is 336 Å². The molecule has 0 radical (unpaired) electrons. The fourth-order valence-electron chi connectivity index (χ4n) is 19.1. The Hall–Kier alpha value is -6.29. The van der Waals surface area contributed by atoms with Crippen molar-refractivity contribution in [3.8, 4) is 17.2 Å². The van der Waals surface area contributed by atoms with Crippen LogP contribution in [0.3, 0.4) is 0 Å². The molecule has 33 heteroatoms. The number of ketones is 2. The largest absolute Gasteiger partial charge is 0.507 e. The minimum Gasteiger partial charge on any atom is -0.507 e. The van der Waals surface area contributed by atoms with Gasteiger partial charge in [0.25, 0.3) is 11.7 Å². The van der Waals surface area contributed by atoms with Gasteiger partial charge in [0, 0.05) is 163 Å². The number of Topliss-reactive ketones (excluding diaryl/α,β-unsaturated/α-hetero) is 2. The molecule has 7 heterocycles. The number of piperidine rings is 1. The number of esters is 2. The van der Waals surface area contributed by atoms with Crippen molar-refractivity contribution in [2.75, 3.05) is 86.7 Å². The lowest BCUT2D eigenvalue weighted by molar-refractivity contribution is -0.319. The second-order valence-corrected chi connectivity index (χ2v) is 38.1. The summed E-state index contributed by atoms with van der Waals surface area (Å²) in [6.45, 7) is 42.7. The van der Waals surface area contributed by atoms with Crippen molar-refractivity contribution >= 4 is 45.9 Å². The lowest BCUT2D eigenvalue weighted by Gasteiger charge is -2.50. The molecule has 127 heavy (non-hydrogen) atoms. The molecule has 0 aromatic heterocycles. The molecular weight excluding hydrogens is 1640 g/mol. The third-order valence-electron chi connectivity index (χ3n) is 27.6. The van der Waals surface area contributed by atoms with Gasteiger partial charge in [0.2, 0.25) is 0 Å². The highest BCUT2D eigenvalue weighted by Gasteiger charge is 2.56. The molecule has 33 nitrogen and oxygen atoms in total. The van der Waals surface area contributed by atoms with Gasteiger partial charge in [-0.05, 0) is 114 Å². The number of methoxy groups -OCH3 is 3. The standard InChI is InChI=1S/C46H62N4O11.C38H69NO13.C10H24N2O2/c1-22(2)21-50-18-16-46(17-19-50)48-34-31-32-39(54)28(8)42-33(31)43(56)45(10,61-42)59-20-15-30(58-11)25(5)41(60-29(9)51)27(7)38(53)26(6)37(52)23(3)13-12-14-24(4)44(57)47-36(40(32)55)35(34)49-46;1-15-26-38(10,45)31(42)21(4)28(40)19(2)17-37(9,47-14)33(52-35-29(41)25(39(11)12)16-20(3)48-35)22(5)30(23(6)34(44)50-26)51-27-18-36(8,46-13)32(43)24(7)49-27;1-3-9(7-13)11-5-6-12-10(4-2)8-14/h12-15,20,22-23,25-27,30,37-38,41,48,52-55H,16-19,21H2,1-11H3;19-27,29-33,35,41-43,45H,15-18H2,1-14H3;9-14H,3-8H2,1-2H3/b13-12+,20-15+,24-14-,47-36?;;/t23-,25+,26+,27+,30-,37-,38+,41+,45-;19-,20-,21+,22+,23-,24+,25+,26-,27+,29-,30+,31-,32+,33-,35+,36-,37-,38-;/m01./s1. The second-order valence-electron chi connectivity index (χ2n) is 38.1. The van der Waals surface area contributed by atoms with Crippen LogP contribution in [0.2, 0.25) is 0 Å². The highest BCUT2D eigenvalue weighted by Crippen LogP contribution is 2.52. The van der Waals surface area contributed by atoms with Crippen molar-refractivity contribution in [2.24, 2.45) is 63.2 Å². The first-order chi connectivity index (χ1) is 59.4. The summed E-state index contributed by atoms with van der Waals surface area (Å²) in [4.78, 5) is 83.0. The number of anilines is 1. The number of nitrogens with zero attached hydrogens (tertiary/aromatic N) is 4. The molecule has 0 aliphatic carbocycles. The molecule has 4 saturated heterocycles. The first-order valence-corrected chi connectivity index (χ1v) is 45.6. The summed E-state index contributed by atoms with van der Waals surface area (Å²) in [5.74, 6) is -11.0. The SMILES string of the molecule is CCC(CO)NCCNC(CC)CO.CC[C@H]1OC(=O)[C@H](C)[C@@H](O[C@H]2C[C@@](C)(OC)[C@@H](O)[C@H](C)O2)[C@H](C)[C@@H](O[C@@H]2O[C@H](C)C[C@H](N(C)C)[C@H]2O)[C@](C)(OC)C[C@@H](C)C(=O)[C@H](C)[C@@H](O)[C@]1(C)O.CO[C@H]1/C=C/O[C@@]2(C)Oc3c(C)c(O)c4c(O)c(c5c(c4c3C2=O)NC2(CCN(CC(C)C)CC2)N=5)=NC(=O)/C(C)=C\C=C\[C@H](C)[C@H](O)[C@@H](C)[C@@H](O)[C@@H](C)[C@H](OC(C)=O)[C@@H]1C. The number of cyclic esters (lactones) is 1. The molecule has 2 aromatic rings. The summed E-state index contributed by atoms with van der Waals surface area (Å²) >= 11 is 0. The van der Waals surface area contributed by atoms with Crippen LogP contribution in [0.4, 0.5) is 5.69 Å². The molecular formula is C94H155N7O26. The third kappa shape index (κ3) is 24.8. The van der Waals surface area contributed by atoms with Gasteiger partial charge in [-0.25, -0.2) is 4.99 Å². The summed E-state index contributed by atoms with van der Waals surface area (Å²) in [5, 5.41) is 120. The van der Waals surface area contributed by atoms with E-state index in [1.165, 1.54) is 48.4 Å². The van der Waals surface area contributed by atoms with E-state index in [0.29, 0.717) is 30.9 Å². The average Bonchev–Trinajstić information content (AvgIpc) is 1.55. The van der Waals surface area contributed by atoms with Gasteiger partial charge in [0.1, 0.15) is 63.7 Å². The number of ether oxygens (including phenoxy) is 11. The molecule has 29 atom stereocenters. The summed E-state index contributed by atoms with van der Waals surface area (Å²) in [7, 11) is 8.23. The van der Waals surface area contributed by atoms with Crippen LogP contribution >= 0.6 is 0 Å². The number of aliphatic hydroxyl groups excluding tert-OH is 7. The fourth-order valence-corrected chi connectivity index (χ4v) is 19.1. The van der Waals surface area contributed by atoms with Crippen molar-refractivity contribution in [1.29, 1.82) is 0 Å². The van der Waals surface area contributed by atoms with Gasteiger partial charge in [-0.15, -0.1) is 0 Å². The normalized spacial score (nSPS) is 37.5. The van der Waals surface area contributed by atoms with Gasteiger partial charge in [0.05, 0.1) is 102 Å². The Labute approximate surface area is 751 Å². The minimum absolute atomic E-state index is 0.0538. The second kappa shape index (κ2) is 45.9. The van der Waals surface area contributed by atoms with Crippen LogP contribution in [0, 0.1) is 60.2 Å². The van der Waals surface area contributed by atoms with Gasteiger partial charge in [-0.2, -0.15) is 0 Å². The van der Waals surface area contributed by atoms with Crippen LogP contribution in [-0.2, 0) is 66.5 Å². The van der Waals surface area contributed by atoms with Gasteiger partial charge in [-0.3, -0.25) is 29.0 Å². The van der Waals surface area contributed by atoms with Crippen molar-refractivity contribution in [3.05, 3.63) is 58.0 Å². The van der Waals surface area contributed by atoms with E-state index in [2.05, 4.69) is 39.7 Å². The van der Waals surface area contributed by atoms with E-state index in [4.69, 9.17) is 67.3 Å². The molecule has 0 saturated carbocycles. The number of hydrogen-bond donors (Lipinski definition) is 13. The molecule has 2 unspecified atom stereocenters. The zero-order chi connectivity index (χ0) is 95.4. The number of aliphatic hydroxyl groups is 8. The average molecular weight is 1800 g/mol. The molecule has 9 rings (SSSR count). The zero-order valence-electron chi connectivity index (χ0n) is 80.3. The lowest BCUT2D eigenvalue weighted by Crippen LogP contribution is -2.61. The van der Waals surface area contributed by atoms with Gasteiger partial charge >= 0.3 is 17.7 Å². The lowest BCUT2D eigenvalue weighted by atomic mass is 9.74. The number of likely N-dealkylation sites (tertiary alicyclic amines) is 1. The number of likely N-dealkylation sites (N-methyl/N-ethyl adjacent to an activating group) is 1. The van der Waals surface area contributed by atoms with E-state index >= 15 is 0 Å². The maximum Gasteiger partial charge on any atom is 0.312 e. The van der Waals surface area contributed by atoms with Crippen molar-refractivity contribution < 1.29 is 127 Å². The first kappa shape index (κ1) is 108. The van der Waals surface area contributed by atoms with Crippen molar-refractivity contribution in [1.82, 2.24) is 20.4 Å². The van der Waals surface area contributed by atoms with E-state index in [-0.39, 0.29) is 112 Å². The Balaban J connectivity index is 0.000000305. The van der Waals surface area contributed by atoms with E-state index in [0.717, 1.165) is 45.6 Å². The van der Waals surface area contributed by atoms with Crippen LogP contribution in [0.1, 0.15) is 213 Å². The number of hydrogen-bond acceptors (Lipinski definition) is 32. The smallest absolute Gasteiger partial charge is 0.312 e. The molecule has 7 aliphatic heterocycles. The molecule has 1 spiro atoms. The fraction of sp³-hybridized carbons (Fsp3) is 0.777. The third-order valence-corrected chi connectivity index (χ3v) is 27.6.